The number of fused-ring (bicyclic) bond motifs is 2. The summed E-state index contributed by atoms with van der Waals surface area (Å²) in [6, 6.07) is 14.7. The summed E-state index contributed by atoms with van der Waals surface area (Å²) in [6.07, 6.45) is 5.66. The van der Waals surface area contributed by atoms with Gasteiger partial charge in [0.05, 0.1) is 10.4 Å². The molecule has 9 nitrogen and oxygen atoms in total. The summed E-state index contributed by atoms with van der Waals surface area (Å²) in [6.45, 7) is 2.05. The third-order valence-electron chi connectivity index (χ3n) is 5.17. The third-order valence-corrected chi connectivity index (χ3v) is 5.17. The Kier molecular flexibility index (Phi) is 4.47. The molecule has 2 aromatic carbocycles. The number of pyridine rings is 1. The van der Waals surface area contributed by atoms with E-state index in [1.165, 1.54) is 30.4 Å². The van der Waals surface area contributed by atoms with Crippen LogP contribution in [-0.2, 0) is 6.42 Å². The number of aryl methyl sites for hydroxylation is 1. The van der Waals surface area contributed by atoms with E-state index < -0.39 is 4.92 Å². The monoisotopic (exact) mass is 411 g/mol. The van der Waals surface area contributed by atoms with Gasteiger partial charge < -0.3 is 5.32 Å². The number of hydrogen-bond donors (Lipinski definition) is 1. The average Bonchev–Trinajstić information content (AvgIpc) is 3.23. The number of rotatable bonds is 5. The minimum absolute atomic E-state index is 0.00141. The highest BCUT2D eigenvalue weighted by molar-refractivity contribution is 5.92. The molecule has 3 aromatic heterocycles. The second-order valence-electron chi connectivity index (χ2n) is 7.22. The van der Waals surface area contributed by atoms with Gasteiger partial charge in [-0.2, -0.15) is 5.10 Å². The molecule has 5 aromatic rings. The largest absolute Gasteiger partial charge is 0.340 e. The van der Waals surface area contributed by atoms with Gasteiger partial charge in [0.25, 0.3) is 5.69 Å². The van der Waals surface area contributed by atoms with Crippen LogP contribution in [0, 0.1) is 17.0 Å². The Balaban J connectivity index is 1.42. The van der Waals surface area contributed by atoms with Gasteiger partial charge in [0.2, 0.25) is 0 Å². The van der Waals surface area contributed by atoms with E-state index in [1.807, 2.05) is 30.5 Å². The van der Waals surface area contributed by atoms with Gasteiger partial charge in [-0.05, 0) is 60.4 Å². The summed E-state index contributed by atoms with van der Waals surface area (Å²) < 4.78 is 1.74. The third kappa shape index (κ3) is 3.64. The molecule has 152 valence electrons. The lowest BCUT2D eigenvalue weighted by Crippen LogP contribution is -1.99. The zero-order valence-electron chi connectivity index (χ0n) is 16.6. The van der Waals surface area contributed by atoms with Gasteiger partial charge in [0.1, 0.15) is 18.5 Å². The van der Waals surface area contributed by atoms with Crippen LogP contribution in [0.1, 0.15) is 16.7 Å². The van der Waals surface area contributed by atoms with Crippen molar-refractivity contribution in [2.24, 2.45) is 0 Å². The van der Waals surface area contributed by atoms with E-state index in [9.17, 15) is 10.1 Å². The molecule has 0 aliphatic carbocycles. The number of nitrogens with one attached hydrogen (secondary N) is 1. The van der Waals surface area contributed by atoms with Crippen LogP contribution in [0.25, 0.3) is 16.6 Å². The van der Waals surface area contributed by atoms with Crippen molar-refractivity contribution in [3.8, 4) is 0 Å². The molecule has 9 heteroatoms. The highest BCUT2D eigenvalue weighted by Gasteiger charge is 2.11. The van der Waals surface area contributed by atoms with Gasteiger partial charge in [-0.25, -0.2) is 19.5 Å². The minimum atomic E-state index is -0.425. The molecule has 0 saturated heterocycles. The molecule has 31 heavy (non-hydrogen) atoms. The van der Waals surface area contributed by atoms with Gasteiger partial charge in [0, 0.05) is 29.4 Å². The fourth-order valence-electron chi connectivity index (χ4n) is 3.55. The summed E-state index contributed by atoms with van der Waals surface area (Å²) in [7, 11) is 0. The standard InChI is InChI=1S/C22H17N7O2/c1-14-8-17(3-2-16(14)9-15-6-7-28-21(10-15)24-13-26-28)27-22-19-11-18(29(30)31)4-5-20(19)23-12-25-22/h2-8,10-13H,9H2,1H3,(H,23,25,27). The Morgan fingerprint density at radius 3 is 2.77 bits per heavy atom. The first-order valence-electron chi connectivity index (χ1n) is 9.61. The topological polar surface area (TPSA) is 111 Å². The van der Waals surface area contributed by atoms with Gasteiger partial charge in [0.15, 0.2) is 5.65 Å². The van der Waals surface area contributed by atoms with Crippen molar-refractivity contribution in [2.45, 2.75) is 13.3 Å². The van der Waals surface area contributed by atoms with Gasteiger partial charge in [-0.1, -0.05) is 6.07 Å². The Labute approximate surface area is 176 Å². The Hall–Kier alpha value is -4.40. The molecule has 0 radical (unpaired) electrons. The summed E-state index contributed by atoms with van der Waals surface area (Å²) >= 11 is 0. The number of nitrogens with zero attached hydrogens (tertiary/aromatic N) is 6. The zero-order chi connectivity index (χ0) is 21.4. The maximum atomic E-state index is 11.1. The van der Waals surface area contributed by atoms with Crippen LogP contribution in [0.2, 0.25) is 0 Å². The molecule has 0 aliphatic rings. The zero-order valence-corrected chi connectivity index (χ0v) is 16.6. The van der Waals surface area contributed by atoms with E-state index in [2.05, 4.69) is 38.4 Å². The Morgan fingerprint density at radius 1 is 1.03 bits per heavy atom. The molecule has 5 rings (SSSR count). The first-order valence-corrected chi connectivity index (χ1v) is 9.61. The average molecular weight is 411 g/mol. The molecular formula is C22H17N7O2. The van der Waals surface area contributed by atoms with Gasteiger partial charge >= 0.3 is 0 Å². The summed E-state index contributed by atoms with van der Waals surface area (Å²) in [4.78, 5) is 23.4. The second kappa shape index (κ2) is 7.45. The molecule has 0 bridgehead atoms. The number of nitro benzene ring substituents is 1. The van der Waals surface area contributed by atoms with Crippen LogP contribution in [0.4, 0.5) is 17.2 Å². The first kappa shape index (κ1) is 18.6. The Bertz CT molecular complexity index is 1440. The maximum absolute atomic E-state index is 11.1. The fraction of sp³-hybridized carbons (Fsp3) is 0.0909. The number of nitro groups is 1. The van der Waals surface area contributed by atoms with Gasteiger partial charge in [-0.15, -0.1) is 0 Å². The fourth-order valence-corrected chi connectivity index (χ4v) is 3.55. The minimum Gasteiger partial charge on any atom is -0.340 e. The number of aromatic nitrogens is 5. The number of non-ortho nitro benzene ring substituents is 1. The van der Waals surface area contributed by atoms with Crippen molar-refractivity contribution in [3.63, 3.8) is 0 Å². The van der Waals surface area contributed by atoms with Crippen molar-refractivity contribution in [2.75, 3.05) is 5.32 Å². The van der Waals surface area contributed by atoms with Crippen molar-refractivity contribution in [3.05, 3.63) is 94.2 Å². The van der Waals surface area contributed by atoms with Gasteiger partial charge in [-0.3, -0.25) is 10.1 Å². The smallest absolute Gasteiger partial charge is 0.270 e. The van der Waals surface area contributed by atoms with Crippen LogP contribution < -0.4 is 5.32 Å². The SMILES string of the molecule is Cc1cc(Nc2ncnc3ccc([N+](=O)[O-])cc23)ccc1Cc1ccn2ncnc2c1. The molecule has 0 fully saturated rings. The lowest BCUT2D eigenvalue weighted by Gasteiger charge is -2.12. The molecule has 0 spiro atoms. The van der Waals surface area contributed by atoms with Crippen LogP contribution in [0.5, 0.6) is 0 Å². The molecule has 0 atom stereocenters. The number of hydrogen-bond acceptors (Lipinski definition) is 7. The highest BCUT2D eigenvalue weighted by atomic mass is 16.6. The molecule has 0 saturated carbocycles. The molecule has 1 N–H and O–H groups in total. The molecule has 3 heterocycles. The number of anilines is 2. The van der Waals surface area contributed by atoms with E-state index in [0.717, 1.165) is 28.9 Å². The lowest BCUT2D eigenvalue weighted by atomic mass is 10.0. The molecule has 0 unspecified atom stereocenters. The maximum Gasteiger partial charge on any atom is 0.270 e. The van der Waals surface area contributed by atoms with Crippen LogP contribution in [0.15, 0.2) is 67.4 Å². The molecule has 0 aliphatic heterocycles. The number of benzene rings is 2. The van der Waals surface area contributed by atoms with E-state index in [4.69, 9.17) is 0 Å². The van der Waals surface area contributed by atoms with E-state index >= 15 is 0 Å². The Morgan fingerprint density at radius 2 is 1.94 bits per heavy atom. The summed E-state index contributed by atoms with van der Waals surface area (Å²) in [5, 5.41) is 19.1. The van der Waals surface area contributed by atoms with Crippen LogP contribution in [0.3, 0.4) is 0 Å². The normalized spacial score (nSPS) is 11.1. The predicted molar refractivity (Wildman–Crippen MR) is 116 cm³/mol. The van der Waals surface area contributed by atoms with E-state index in [-0.39, 0.29) is 5.69 Å². The lowest BCUT2D eigenvalue weighted by molar-refractivity contribution is -0.384. The van der Waals surface area contributed by atoms with Crippen molar-refractivity contribution < 1.29 is 4.92 Å². The quantitative estimate of drug-likeness (QED) is 0.340. The summed E-state index contributed by atoms with van der Waals surface area (Å²) in [5.41, 5.74) is 5.77. The molecular weight excluding hydrogens is 394 g/mol. The van der Waals surface area contributed by atoms with Crippen molar-refractivity contribution >= 4 is 33.7 Å². The predicted octanol–water partition coefficient (Wildman–Crippen LogP) is 4.22. The van der Waals surface area contributed by atoms with E-state index in [0.29, 0.717) is 16.7 Å². The summed E-state index contributed by atoms with van der Waals surface area (Å²) in [5.74, 6) is 0.526. The van der Waals surface area contributed by atoms with Crippen LogP contribution >= 0.6 is 0 Å². The first-order chi connectivity index (χ1) is 15.1. The van der Waals surface area contributed by atoms with Crippen molar-refractivity contribution in [1.82, 2.24) is 24.6 Å². The second-order valence-corrected chi connectivity index (χ2v) is 7.22. The van der Waals surface area contributed by atoms with Crippen LogP contribution in [-0.4, -0.2) is 29.5 Å². The van der Waals surface area contributed by atoms with E-state index in [1.54, 1.807) is 10.6 Å². The highest BCUT2D eigenvalue weighted by Crippen LogP contribution is 2.28. The molecule has 0 amide bonds. The van der Waals surface area contributed by atoms with Crippen molar-refractivity contribution in [1.29, 1.82) is 0 Å².